The van der Waals surface area contributed by atoms with E-state index in [1.165, 1.54) is 0 Å². The van der Waals surface area contributed by atoms with Crippen molar-refractivity contribution in [2.24, 2.45) is 4.99 Å². The van der Waals surface area contributed by atoms with E-state index in [1.54, 1.807) is 25.4 Å². The van der Waals surface area contributed by atoms with Gasteiger partial charge in [-0.05, 0) is 43.2 Å². The predicted molar refractivity (Wildman–Crippen MR) is 106 cm³/mol. The van der Waals surface area contributed by atoms with E-state index in [0.29, 0.717) is 25.3 Å². The van der Waals surface area contributed by atoms with Crippen molar-refractivity contribution >= 4 is 11.9 Å². The third-order valence-corrected chi connectivity index (χ3v) is 3.79. The second-order valence-corrected chi connectivity index (χ2v) is 5.88. The fourth-order valence-electron chi connectivity index (χ4n) is 2.37. The summed E-state index contributed by atoms with van der Waals surface area (Å²) < 4.78 is 10.8. The molecular weight excluding hydrogens is 344 g/mol. The van der Waals surface area contributed by atoms with E-state index in [4.69, 9.17) is 9.15 Å². The van der Waals surface area contributed by atoms with Gasteiger partial charge in [-0.25, -0.2) is 4.99 Å². The number of benzene rings is 1. The second-order valence-electron chi connectivity index (χ2n) is 5.88. The maximum Gasteiger partial charge on any atom is 0.251 e. The molecule has 0 saturated carbocycles. The first-order valence-corrected chi connectivity index (χ1v) is 9.16. The standard InChI is InChI=1S/C20H28N4O3/c1-3-22-20(23-11-5-12-26-15-18-6-4-13-27-18)24-14-16-7-9-17(10-8-16)19(25)21-2/h4,6-10,13H,3,5,11-12,14-15H2,1-2H3,(H,21,25)(H2,22,23,24). The number of carbonyl (C=O) groups excluding carboxylic acids is 1. The van der Waals surface area contributed by atoms with Crippen LogP contribution in [0.4, 0.5) is 0 Å². The molecule has 0 fully saturated rings. The summed E-state index contributed by atoms with van der Waals surface area (Å²) in [5, 5.41) is 9.13. The van der Waals surface area contributed by atoms with Crippen LogP contribution in [0.2, 0.25) is 0 Å². The molecule has 0 saturated heterocycles. The molecule has 7 nitrogen and oxygen atoms in total. The summed E-state index contributed by atoms with van der Waals surface area (Å²) >= 11 is 0. The Bertz CT molecular complexity index is 697. The van der Waals surface area contributed by atoms with Crippen LogP contribution in [0.15, 0.2) is 52.1 Å². The van der Waals surface area contributed by atoms with Crippen molar-refractivity contribution in [1.82, 2.24) is 16.0 Å². The molecule has 0 bridgehead atoms. The van der Waals surface area contributed by atoms with Crippen LogP contribution >= 0.6 is 0 Å². The zero-order valence-corrected chi connectivity index (χ0v) is 16.0. The first kappa shape index (κ1) is 20.5. The molecule has 146 valence electrons. The number of guanidine groups is 1. The van der Waals surface area contributed by atoms with Crippen molar-refractivity contribution in [3.63, 3.8) is 0 Å². The lowest BCUT2D eigenvalue weighted by Gasteiger charge is -2.11. The molecule has 27 heavy (non-hydrogen) atoms. The number of nitrogens with zero attached hydrogens (tertiary/aromatic N) is 1. The minimum atomic E-state index is -0.0886. The summed E-state index contributed by atoms with van der Waals surface area (Å²) in [5.74, 6) is 1.51. The maximum atomic E-state index is 11.6. The van der Waals surface area contributed by atoms with E-state index in [-0.39, 0.29) is 5.91 Å². The average molecular weight is 372 g/mol. The Hall–Kier alpha value is -2.80. The molecule has 0 atom stereocenters. The highest BCUT2D eigenvalue weighted by molar-refractivity contribution is 5.93. The highest BCUT2D eigenvalue weighted by Crippen LogP contribution is 2.06. The molecule has 0 aliphatic heterocycles. The van der Waals surface area contributed by atoms with Gasteiger partial charge in [0, 0.05) is 32.3 Å². The predicted octanol–water partition coefficient (Wildman–Crippen LogP) is 2.30. The third-order valence-electron chi connectivity index (χ3n) is 3.79. The van der Waals surface area contributed by atoms with E-state index in [2.05, 4.69) is 20.9 Å². The van der Waals surface area contributed by atoms with Gasteiger partial charge in [-0.15, -0.1) is 0 Å². The Kier molecular flexibility index (Phi) is 8.92. The molecule has 2 aromatic rings. The lowest BCUT2D eigenvalue weighted by atomic mass is 10.1. The van der Waals surface area contributed by atoms with Crippen molar-refractivity contribution in [3.05, 3.63) is 59.5 Å². The van der Waals surface area contributed by atoms with Gasteiger partial charge >= 0.3 is 0 Å². The van der Waals surface area contributed by atoms with Gasteiger partial charge in [0.1, 0.15) is 12.4 Å². The molecule has 2 rings (SSSR count). The average Bonchev–Trinajstić information content (AvgIpc) is 3.22. The first-order chi connectivity index (χ1) is 13.2. The van der Waals surface area contributed by atoms with Crippen LogP contribution in [0.5, 0.6) is 0 Å². The van der Waals surface area contributed by atoms with E-state index in [9.17, 15) is 4.79 Å². The van der Waals surface area contributed by atoms with E-state index < -0.39 is 0 Å². The quantitative estimate of drug-likeness (QED) is 0.338. The van der Waals surface area contributed by atoms with Crippen LogP contribution in [-0.4, -0.2) is 38.6 Å². The van der Waals surface area contributed by atoms with Gasteiger partial charge in [0.25, 0.3) is 5.91 Å². The second kappa shape index (κ2) is 11.7. The van der Waals surface area contributed by atoms with Gasteiger partial charge in [-0.3, -0.25) is 4.79 Å². The molecule has 1 aromatic carbocycles. The van der Waals surface area contributed by atoms with Crippen LogP contribution in [0.1, 0.15) is 35.0 Å². The van der Waals surface area contributed by atoms with Gasteiger partial charge in [0.05, 0.1) is 12.8 Å². The van der Waals surface area contributed by atoms with Crippen LogP contribution < -0.4 is 16.0 Å². The highest BCUT2D eigenvalue weighted by Gasteiger charge is 2.03. The number of aliphatic imine (C=N–C) groups is 1. The van der Waals surface area contributed by atoms with Crippen LogP contribution in [0.25, 0.3) is 0 Å². The molecular formula is C20H28N4O3. The van der Waals surface area contributed by atoms with Gasteiger partial charge in [0.15, 0.2) is 5.96 Å². The molecule has 7 heteroatoms. The Morgan fingerprint density at radius 3 is 2.67 bits per heavy atom. The molecule has 0 spiro atoms. The fourth-order valence-corrected chi connectivity index (χ4v) is 2.37. The Balaban J connectivity index is 1.72. The van der Waals surface area contributed by atoms with E-state index in [0.717, 1.165) is 36.8 Å². The zero-order valence-electron chi connectivity index (χ0n) is 16.0. The summed E-state index contributed by atoms with van der Waals surface area (Å²) in [5.41, 5.74) is 1.69. The molecule has 1 amide bonds. The summed E-state index contributed by atoms with van der Waals surface area (Å²) in [6.45, 7) is 5.26. The molecule has 0 unspecified atom stereocenters. The Labute approximate surface area is 160 Å². The Morgan fingerprint density at radius 2 is 2.00 bits per heavy atom. The van der Waals surface area contributed by atoms with Crippen LogP contribution in [0, 0.1) is 0 Å². The minimum absolute atomic E-state index is 0.0886. The zero-order chi connectivity index (χ0) is 19.3. The largest absolute Gasteiger partial charge is 0.467 e. The number of hydrogen-bond donors (Lipinski definition) is 3. The third kappa shape index (κ3) is 7.53. The summed E-state index contributed by atoms with van der Waals surface area (Å²) in [6.07, 6.45) is 2.51. The van der Waals surface area contributed by atoms with E-state index >= 15 is 0 Å². The van der Waals surface area contributed by atoms with Gasteiger partial charge in [-0.1, -0.05) is 12.1 Å². The number of furan rings is 1. The van der Waals surface area contributed by atoms with Crippen molar-refractivity contribution in [2.45, 2.75) is 26.5 Å². The topological polar surface area (TPSA) is 87.9 Å². The van der Waals surface area contributed by atoms with Crippen molar-refractivity contribution in [3.8, 4) is 0 Å². The molecule has 0 aliphatic rings. The van der Waals surface area contributed by atoms with Crippen LogP contribution in [-0.2, 0) is 17.9 Å². The fraction of sp³-hybridized carbons (Fsp3) is 0.400. The summed E-state index contributed by atoms with van der Waals surface area (Å²) in [6, 6.07) is 11.2. The normalized spacial score (nSPS) is 11.3. The number of nitrogens with one attached hydrogen (secondary N) is 3. The van der Waals surface area contributed by atoms with Crippen molar-refractivity contribution < 1.29 is 13.9 Å². The summed E-state index contributed by atoms with van der Waals surface area (Å²) in [7, 11) is 1.62. The van der Waals surface area contributed by atoms with E-state index in [1.807, 2.05) is 31.2 Å². The van der Waals surface area contributed by atoms with Crippen molar-refractivity contribution in [2.75, 3.05) is 26.7 Å². The number of hydrogen-bond acceptors (Lipinski definition) is 4. The highest BCUT2D eigenvalue weighted by atomic mass is 16.5. The lowest BCUT2D eigenvalue weighted by Crippen LogP contribution is -2.38. The van der Waals surface area contributed by atoms with Crippen molar-refractivity contribution in [1.29, 1.82) is 0 Å². The SMILES string of the molecule is CCNC(=NCc1ccc(C(=O)NC)cc1)NCCCOCc1ccco1. The molecule has 0 radical (unpaired) electrons. The molecule has 0 aliphatic carbocycles. The molecule has 1 aromatic heterocycles. The molecule has 1 heterocycles. The minimum Gasteiger partial charge on any atom is -0.467 e. The number of ether oxygens (including phenoxy) is 1. The first-order valence-electron chi connectivity index (χ1n) is 9.16. The summed E-state index contributed by atoms with van der Waals surface area (Å²) in [4.78, 5) is 16.1. The maximum absolute atomic E-state index is 11.6. The van der Waals surface area contributed by atoms with Gasteiger partial charge in [0.2, 0.25) is 0 Å². The van der Waals surface area contributed by atoms with Gasteiger partial charge < -0.3 is 25.1 Å². The van der Waals surface area contributed by atoms with Gasteiger partial charge in [-0.2, -0.15) is 0 Å². The molecule has 3 N–H and O–H groups in total. The Morgan fingerprint density at radius 1 is 1.19 bits per heavy atom. The van der Waals surface area contributed by atoms with Crippen LogP contribution in [0.3, 0.4) is 0 Å². The monoisotopic (exact) mass is 372 g/mol. The lowest BCUT2D eigenvalue weighted by molar-refractivity contribution is 0.0963. The number of amides is 1. The number of carbonyl (C=O) groups is 1. The number of rotatable bonds is 10. The smallest absolute Gasteiger partial charge is 0.251 e.